The normalized spacial score (nSPS) is 17.5. The fourth-order valence-electron chi connectivity index (χ4n) is 3.37. The molecule has 1 saturated heterocycles. The molecule has 2 rings (SSSR count). The number of likely N-dealkylation sites (tertiary alicyclic amines) is 1. The minimum Gasteiger partial charge on any atom is -0.370 e. The molecule has 182 valence electrons. The van der Waals surface area contributed by atoms with Gasteiger partial charge in [-0.15, -0.1) is 0 Å². The highest BCUT2D eigenvalue weighted by atomic mass is 32.2. The van der Waals surface area contributed by atoms with Gasteiger partial charge in [0, 0.05) is 18.8 Å². The summed E-state index contributed by atoms with van der Waals surface area (Å²) in [5.41, 5.74) is 10.9. The Labute approximate surface area is 193 Å². The summed E-state index contributed by atoms with van der Waals surface area (Å²) in [4.78, 5) is 41.8. The van der Waals surface area contributed by atoms with Gasteiger partial charge in [0.2, 0.25) is 11.8 Å². The molecule has 1 aliphatic rings. The Morgan fingerprint density at radius 3 is 2.64 bits per heavy atom. The molecule has 12 nitrogen and oxygen atoms in total. The molecule has 2 atom stereocenters. The van der Waals surface area contributed by atoms with Crippen LogP contribution >= 0.6 is 0 Å². The van der Waals surface area contributed by atoms with Crippen molar-refractivity contribution in [3.05, 3.63) is 30.3 Å². The van der Waals surface area contributed by atoms with Crippen LogP contribution in [0.25, 0.3) is 0 Å². The van der Waals surface area contributed by atoms with Crippen molar-refractivity contribution in [2.45, 2.75) is 44.2 Å². The largest absolute Gasteiger partial charge is 0.370 e. The van der Waals surface area contributed by atoms with Crippen LogP contribution in [0.15, 0.2) is 35.3 Å². The fraction of sp³-hybridized carbons (Fsp3) is 0.500. The lowest BCUT2D eigenvalue weighted by Crippen LogP contribution is -2.51. The first-order valence-electron chi connectivity index (χ1n) is 10.6. The third-order valence-electron chi connectivity index (χ3n) is 4.92. The molecule has 1 aromatic carbocycles. The number of anilines is 1. The lowest BCUT2D eigenvalue weighted by atomic mass is 10.1. The van der Waals surface area contributed by atoms with Crippen molar-refractivity contribution < 1.29 is 22.8 Å². The second-order valence-electron chi connectivity index (χ2n) is 7.66. The Balaban J connectivity index is 1.92. The van der Waals surface area contributed by atoms with E-state index >= 15 is 0 Å². The van der Waals surface area contributed by atoms with E-state index in [0.29, 0.717) is 57.2 Å². The zero-order chi connectivity index (χ0) is 24.3. The van der Waals surface area contributed by atoms with Crippen molar-refractivity contribution in [2.24, 2.45) is 16.5 Å². The van der Waals surface area contributed by atoms with E-state index in [1.807, 2.05) is 0 Å². The smallest absolute Gasteiger partial charge is 0.299 e. The number of carbonyl (C=O) groups excluding carboxylic acids is 3. The van der Waals surface area contributed by atoms with E-state index < -0.39 is 34.1 Å². The number of para-hydroxylation sites is 1. The molecule has 0 aromatic heterocycles. The number of aldehydes is 1. The lowest BCUT2D eigenvalue weighted by molar-refractivity contribution is -0.137. The maximum Gasteiger partial charge on any atom is 0.299 e. The number of nitrogens with two attached hydrogens (primary N) is 2. The topological polar surface area (TPSA) is 189 Å². The molecule has 0 aliphatic carbocycles. The average Bonchev–Trinajstić information content (AvgIpc) is 2.92. The first kappa shape index (κ1) is 26.1. The van der Waals surface area contributed by atoms with Crippen molar-refractivity contribution >= 4 is 40.0 Å². The zero-order valence-corrected chi connectivity index (χ0v) is 19.1. The van der Waals surface area contributed by atoms with Crippen molar-refractivity contribution in [1.82, 2.24) is 14.9 Å². The van der Waals surface area contributed by atoms with Gasteiger partial charge in [-0.25, -0.2) is 0 Å². The summed E-state index contributed by atoms with van der Waals surface area (Å²) in [6.07, 6.45) is 3.00. The van der Waals surface area contributed by atoms with Gasteiger partial charge in [0.1, 0.15) is 12.3 Å². The zero-order valence-electron chi connectivity index (χ0n) is 18.3. The molecule has 1 aliphatic heterocycles. The summed E-state index contributed by atoms with van der Waals surface area (Å²) >= 11 is 0. The monoisotopic (exact) mass is 481 g/mol. The Hall–Kier alpha value is -3.19. The van der Waals surface area contributed by atoms with E-state index in [2.05, 4.69) is 19.8 Å². The molecule has 13 heteroatoms. The van der Waals surface area contributed by atoms with Crippen LogP contribution < -0.4 is 26.2 Å². The fourth-order valence-corrected chi connectivity index (χ4v) is 4.47. The highest BCUT2D eigenvalue weighted by Gasteiger charge is 2.31. The molecular formula is C20H31N7O5S. The van der Waals surface area contributed by atoms with E-state index in [9.17, 15) is 22.8 Å². The van der Waals surface area contributed by atoms with Crippen LogP contribution in [-0.2, 0) is 24.6 Å². The second kappa shape index (κ2) is 12.7. The van der Waals surface area contributed by atoms with Gasteiger partial charge in [0.25, 0.3) is 10.2 Å². The summed E-state index contributed by atoms with van der Waals surface area (Å²) in [6, 6.07) is 6.56. The molecule has 0 spiro atoms. The Kier molecular flexibility index (Phi) is 10.1. The average molecular weight is 482 g/mol. The van der Waals surface area contributed by atoms with Crippen molar-refractivity contribution in [3.63, 3.8) is 0 Å². The third kappa shape index (κ3) is 9.45. The molecule has 0 saturated carbocycles. The van der Waals surface area contributed by atoms with Crippen molar-refractivity contribution in [2.75, 3.05) is 24.4 Å². The molecule has 0 bridgehead atoms. The van der Waals surface area contributed by atoms with Gasteiger partial charge in [0.05, 0.1) is 12.6 Å². The molecule has 1 aromatic rings. The standard InChI is InChI=1S/C20H31N7O5S/c21-20(22)23-11-6-9-16(14-28)24-18(29)13-27-12-5-4-10-17(19(27)30)26-33(31,32)25-15-7-2-1-3-8-15/h1-3,7-8,14,16-17,25-26H,4-6,9-13H2,(H,24,29)(H4,21,22,23). The Morgan fingerprint density at radius 1 is 1.24 bits per heavy atom. The van der Waals surface area contributed by atoms with Gasteiger partial charge in [-0.1, -0.05) is 18.2 Å². The quantitative estimate of drug-likeness (QED) is 0.110. The van der Waals surface area contributed by atoms with Gasteiger partial charge >= 0.3 is 0 Å². The van der Waals surface area contributed by atoms with Crippen molar-refractivity contribution in [3.8, 4) is 0 Å². The van der Waals surface area contributed by atoms with Crippen LogP contribution in [0, 0.1) is 0 Å². The van der Waals surface area contributed by atoms with E-state index in [1.165, 1.54) is 4.90 Å². The SMILES string of the molecule is NC(N)=NCCCC(C=O)NC(=O)CN1CCCCC(NS(=O)(=O)Nc2ccccc2)C1=O. The van der Waals surface area contributed by atoms with E-state index in [-0.39, 0.29) is 12.5 Å². The number of hydrogen-bond acceptors (Lipinski definition) is 6. The summed E-state index contributed by atoms with van der Waals surface area (Å²) in [7, 11) is -4.00. The number of carbonyl (C=O) groups is 3. The van der Waals surface area contributed by atoms with E-state index in [1.54, 1.807) is 30.3 Å². The number of guanidine groups is 1. The molecule has 0 radical (unpaired) electrons. The van der Waals surface area contributed by atoms with Crippen LogP contribution in [-0.4, -0.2) is 69.1 Å². The van der Waals surface area contributed by atoms with Crippen LogP contribution in [0.3, 0.4) is 0 Å². The molecule has 7 N–H and O–H groups in total. The van der Waals surface area contributed by atoms with Crippen LogP contribution in [0.5, 0.6) is 0 Å². The van der Waals surface area contributed by atoms with Crippen LogP contribution in [0.2, 0.25) is 0 Å². The number of aliphatic imine (C=N–C) groups is 1. The maximum atomic E-state index is 12.9. The van der Waals surface area contributed by atoms with Gasteiger partial charge in [-0.2, -0.15) is 13.1 Å². The second-order valence-corrected chi connectivity index (χ2v) is 9.10. The van der Waals surface area contributed by atoms with Gasteiger partial charge in [0.15, 0.2) is 5.96 Å². The van der Waals surface area contributed by atoms with Crippen molar-refractivity contribution in [1.29, 1.82) is 0 Å². The predicted molar refractivity (Wildman–Crippen MR) is 124 cm³/mol. The Bertz CT molecular complexity index is 935. The molecule has 1 fully saturated rings. The molecule has 1 heterocycles. The Morgan fingerprint density at radius 2 is 1.97 bits per heavy atom. The maximum absolute atomic E-state index is 12.9. The van der Waals surface area contributed by atoms with Gasteiger partial charge in [-0.05, 0) is 44.2 Å². The van der Waals surface area contributed by atoms with Gasteiger partial charge < -0.3 is 26.5 Å². The number of benzene rings is 1. The van der Waals surface area contributed by atoms with E-state index in [4.69, 9.17) is 11.5 Å². The number of rotatable bonds is 12. The highest BCUT2D eigenvalue weighted by molar-refractivity contribution is 7.90. The van der Waals surface area contributed by atoms with Gasteiger partial charge in [-0.3, -0.25) is 19.3 Å². The highest BCUT2D eigenvalue weighted by Crippen LogP contribution is 2.14. The van der Waals surface area contributed by atoms with Crippen LogP contribution in [0.4, 0.5) is 5.69 Å². The molecule has 2 amide bonds. The summed E-state index contributed by atoms with van der Waals surface area (Å²) in [5.74, 6) is -1.05. The minimum atomic E-state index is -4.00. The first-order valence-corrected chi connectivity index (χ1v) is 12.1. The lowest BCUT2D eigenvalue weighted by Gasteiger charge is -2.25. The third-order valence-corrected chi connectivity index (χ3v) is 6.02. The van der Waals surface area contributed by atoms with E-state index in [0.717, 1.165) is 0 Å². The molecule has 2 unspecified atom stereocenters. The summed E-state index contributed by atoms with van der Waals surface area (Å²) < 4.78 is 29.7. The number of amides is 2. The molecule has 33 heavy (non-hydrogen) atoms. The predicted octanol–water partition coefficient (Wildman–Crippen LogP) is -0.949. The number of nitrogens with zero attached hydrogens (tertiary/aromatic N) is 2. The summed E-state index contributed by atoms with van der Waals surface area (Å²) in [5, 5.41) is 2.58. The molecular weight excluding hydrogens is 450 g/mol. The van der Waals surface area contributed by atoms with Crippen LogP contribution in [0.1, 0.15) is 32.1 Å². The minimum absolute atomic E-state index is 0.0505. The number of nitrogens with one attached hydrogen (secondary N) is 3. The summed E-state index contributed by atoms with van der Waals surface area (Å²) in [6.45, 7) is 0.361. The first-order chi connectivity index (χ1) is 15.7. The number of hydrogen-bond donors (Lipinski definition) is 5.